The Hall–Kier alpha value is -3.08. The molecule has 0 aromatic carbocycles. The number of phosphoric acid groups is 1. The molecule has 20 nitrogen and oxygen atoms in total. The molecule has 45 heavy (non-hydrogen) atoms. The molecule has 7 N–H and O–H groups in total. The number of pyridine rings is 1. The molecule has 3 aliphatic heterocycles. The summed E-state index contributed by atoms with van der Waals surface area (Å²) >= 11 is 5.12. The highest BCUT2D eigenvalue weighted by atomic mass is 32.5. The van der Waals surface area contributed by atoms with Gasteiger partial charge in [-0.3, -0.25) is 27.9 Å². The summed E-state index contributed by atoms with van der Waals surface area (Å²) in [5.41, 5.74) is 10.9. The molecule has 3 fully saturated rings. The summed E-state index contributed by atoms with van der Waals surface area (Å²) in [6.07, 6.45) is -11.9. The van der Waals surface area contributed by atoms with Crippen LogP contribution in [0.2, 0.25) is 0 Å². The molecular formula is C20H22F2N10O10P2S. The monoisotopic (exact) mass is 694 g/mol. The summed E-state index contributed by atoms with van der Waals surface area (Å²) in [7, 11) is -5.16. The van der Waals surface area contributed by atoms with Crippen molar-refractivity contribution in [3.05, 3.63) is 28.9 Å². The topological polar surface area (TPSA) is 272 Å². The van der Waals surface area contributed by atoms with Crippen molar-refractivity contribution < 1.29 is 50.7 Å². The minimum Gasteiger partial charge on any atom is -0.397 e. The predicted octanol–water partition coefficient (Wildman–Crippen LogP) is -0.271. The number of aromatic nitrogens is 8. The third-order valence-corrected chi connectivity index (χ3v) is 9.75. The van der Waals surface area contributed by atoms with Gasteiger partial charge < -0.3 is 35.3 Å². The average Bonchev–Trinajstić information content (AvgIpc) is 3.72. The first-order valence-electron chi connectivity index (χ1n) is 12.9. The van der Waals surface area contributed by atoms with Gasteiger partial charge in [0.25, 0.3) is 5.56 Å². The number of rotatable bonds is 2. The number of ether oxygens (including phenoxy) is 2. The van der Waals surface area contributed by atoms with Crippen LogP contribution in [0.25, 0.3) is 22.3 Å². The van der Waals surface area contributed by atoms with Gasteiger partial charge in [0.2, 0.25) is 5.95 Å². The Morgan fingerprint density at radius 3 is 2.56 bits per heavy atom. The summed E-state index contributed by atoms with van der Waals surface area (Å²) in [6.45, 7) is -6.09. The summed E-state index contributed by atoms with van der Waals surface area (Å²) in [5, 5.41) is 7.73. The normalized spacial score (nSPS) is 37.7. The van der Waals surface area contributed by atoms with Gasteiger partial charge in [-0.1, -0.05) is 5.21 Å². The Balaban J connectivity index is 1.21. The number of phosphoric ester groups is 1. The number of nitrogens with one attached hydrogen (secondary N) is 1. The molecule has 7 heterocycles. The first kappa shape index (κ1) is 30.6. The number of hydrogen-bond donors (Lipinski definition) is 5. The standard InChI is InChI=1S/C20H22F2N10O10P2S/c21-9-7-3-37-43(34,35)41-13-8(40-18(10(13)22)32-15-11(29-30-32)6(23)1-2-25-15)4-38-44(36,45)42-14(9)19(39-7)31-5-26-12-16(31)27-20(24)28-17(12)33/h1-2,5,7-10,13-14,18-19H,3-4H2,(H2,23,25)(H,34,35)(H,36,45)(H3,24,27,28,33)/t7-,8-,9-,10+,13-,14-,18-,19-,44?/m1/s1. The molecule has 0 spiro atoms. The second-order valence-electron chi connectivity index (χ2n) is 10.1. The van der Waals surface area contributed by atoms with Gasteiger partial charge in [0, 0.05) is 6.20 Å². The number of H-pyrrole nitrogens is 1. The van der Waals surface area contributed by atoms with Crippen LogP contribution in [0.1, 0.15) is 12.5 Å². The molecule has 4 aromatic rings. The van der Waals surface area contributed by atoms with Crippen LogP contribution in [0.4, 0.5) is 20.4 Å². The molecule has 10 atom stereocenters. The number of hydrogen-bond acceptors (Lipinski definition) is 16. The molecule has 25 heteroatoms. The van der Waals surface area contributed by atoms with Gasteiger partial charge >= 0.3 is 14.5 Å². The van der Waals surface area contributed by atoms with Crippen molar-refractivity contribution in [1.82, 2.24) is 39.5 Å². The second-order valence-corrected chi connectivity index (χ2v) is 14.3. The van der Waals surface area contributed by atoms with Crippen molar-refractivity contribution in [2.75, 3.05) is 24.7 Å². The maximum atomic E-state index is 15.9. The summed E-state index contributed by atoms with van der Waals surface area (Å²) in [5.74, 6) is -0.286. The van der Waals surface area contributed by atoms with Gasteiger partial charge in [-0.05, 0) is 17.9 Å². The predicted molar refractivity (Wildman–Crippen MR) is 148 cm³/mol. The highest BCUT2D eigenvalue weighted by molar-refractivity contribution is 8.07. The number of alkyl halides is 2. The van der Waals surface area contributed by atoms with Crippen molar-refractivity contribution in [2.24, 2.45) is 0 Å². The van der Waals surface area contributed by atoms with Gasteiger partial charge in [-0.2, -0.15) is 9.67 Å². The molecule has 4 aromatic heterocycles. The summed E-state index contributed by atoms with van der Waals surface area (Å²) in [6, 6.07) is 1.45. The molecular weight excluding hydrogens is 672 g/mol. The van der Waals surface area contributed by atoms with E-state index < -0.39 is 82.5 Å². The van der Waals surface area contributed by atoms with Crippen LogP contribution < -0.4 is 17.0 Å². The number of anilines is 2. The highest BCUT2D eigenvalue weighted by Crippen LogP contribution is 2.54. The lowest BCUT2D eigenvalue weighted by Crippen LogP contribution is -2.34. The van der Waals surface area contributed by atoms with E-state index in [1.165, 1.54) is 12.3 Å². The van der Waals surface area contributed by atoms with Crippen LogP contribution in [0, 0.1) is 0 Å². The van der Waals surface area contributed by atoms with Crippen LogP contribution in [0.5, 0.6) is 0 Å². The lowest BCUT2D eigenvalue weighted by atomic mass is 10.1. The fourth-order valence-corrected chi connectivity index (χ4v) is 7.55. The van der Waals surface area contributed by atoms with Crippen molar-refractivity contribution in [3.63, 3.8) is 0 Å². The number of nitrogens with two attached hydrogens (primary N) is 2. The fourth-order valence-electron chi connectivity index (χ4n) is 5.18. The van der Waals surface area contributed by atoms with Gasteiger partial charge in [0.1, 0.15) is 24.4 Å². The van der Waals surface area contributed by atoms with E-state index in [-0.39, 0.29) is 34.0 Å². The van der Waals surface area contributed by atoms with Gasteiger partial charge in [0.15, 0.2) is 47.1 Å². The van der Waals surface area contributed by atoms with E-state index in [0.717, 1.165) is 15.6 Å². The fraction of sp³-hybridized carbons (Fsp3) is 0.500. The van der Waals surface area contributed by atoms with Gasteiger partial charge in [0.05, 0.1) is 25.2 Å². The van der Waals surface area contributed by atoms with E-state index in [0.29, 0.717) is 0 Å². The number of imidazole rings is 1. The average molecular weight is 694 g/mol. The molecule has 7 rings (SSSR count). The molecule has 0 saturated carbocycles. The van der Waals surface area contributed by atoms with E-state index in [1.807, 2.05) is 0 Å². The number of aromatic amines is 1. The maximum Gasteiger partial charge on any atom is 0.472 e. The van der Waals surface area contributed by atoms with Gasteiger partial charge in [-0.25, -0.2) is 23.3 Å². The third-order valence-electron chi connectivity index (χ3n) is 7.21. The SMILES string of the molecule is Nc1nc2c(ncn2[C@@H]2O[C@@H]3COP(=O)(O)O[C@H]4[C@H](F)[C@H](n5nnc6c(N)ccnc65)O[C@@H]4COP(O)(=S)O[C@@H]2[C@@H]3F)c(=O)[nH]1. The Morgan fingerprint density at radius 2 is 1.76 bits per heavy atom. The van der Waals surface area contributed by atoms with E-state index in [4.69, 9.17) is 50.8 Å². The Labute approximate surface area is 253 Å². The lowest BCUT2D eigenvalue weighted by Gasteiger charge is -2.27. The van der Waals surface area contributed by atoms with E-state index >= 15 is 8.78 Å². The minimum absolute atomic E-state index is 0.0374. The summed E-state index contributed by atoms with van der Waals surface area (Å²) < 4.78 is 79.2. The first-order chi connectivity index (χ1) is 21.3. The van der Waals surface area contributed by atoms with Crippen LogP contribution in [-0.4, -0.2) is 99.3 Å². The zero-order valence-electron chi connectivity index (χ0n) is 22.3. The largest absolute Gasteiger partial charge is 0.472 e. The molecule has 242 valence electrons. The quantitative estimate of drug-likeness (QED) is 0.169. The number of halogens is 2. The van der Waals surface area contributed by atoms with E-state index in [9.17, 15) is 19.1 Å². The zero-order chi connectivity index (χ0) is 31.8. The van der Waals surface area contributed by atoms with Crippen molar-refractivity contribution in [2.45, 2.75) is 49.2 Å². The zero-order valence-corrected chi connectivity index (χ0v) is 24.9. The molecule has 0 radical (unpaired) electrons. The molecule has 0 amide bonds. The first-order valence-corrected chi connectivity index (χ1v) is 17.0. The highest BCUT2D eigenvalue weighted by Gasteiger charge is 2.54. The van der Waals surface area contributed by atoms with Crippen LogP contribution >= 0.6 is 14.5 Å². The van der Waals surface area contributed by atoms with Crippen LogP contribution in [0.3, 0.4) is 0 Å². The molecule has 3 aliphatic rings. The minimum atomic E-state index is -5.16. The van der Waals surface area contributed by atoms with Crippen molar-refractivity contribution >= 4 is 60.3 Å². The molecule has 2 unspecified atom stereocenters. The third kappa shape index (κ3) is 5.42. The Kier molecular flexibility index (Phi) is 7.49. The summed E-state index contributed by atoms with van der Waals surface area (Å²) in [4.78, 5) is 48.1. The number of nitrogens with zero attached hydrogens (tertiary/aromatic N) is 7. The molecule has 0 aliphatic carbocycles. The van der Waals surface area contributed by atoms with Crippen LogP contribution in [-0.2, 0) is 43.9 Å². The Bertz CT molecular complexity index is 1950. The van der Waals surface area contributed by atoms with E-state index in [2.05, 4.69) is 30.2 Å². The van der Waals surface area contributed by atoms with Crippen molar-refractivity contribution in [3.8, 4) is 0 Å². The molecule has 3 saturated heterocycles. The van der Waals surface area contributed by atoms with E-state index in [1.54, 1.807) is 0 Å². The lowest BCUT2D eigenvalue weighted by molar-refractivity contribution is -0.0645. The smallest absolute Gasteiger partial charge is 0.397 e. The van der Waals surface area contributed by atoms with Crippen molar-refractivity contribution in [1.29, 1.82) is 0 Å². The second kappa shape index (κ2) is 11.0. The number of fused-ring (bicyclic) bond motifs is 5. The van der Waals surface area contributed by atoms with Gasteiger partial charge in [-0.15, -0.1) is 5.10 Å². The maximum absolute atomic E-state index is 15.9. The van der Waals surface area contributed by atoms with Crippen LogP contribution in [0.15, 0.2) is 23.4 Å². The molecule has 2 bridgehead atoms. The number of nitrogen functional groups attached to an aromatic ring is 2. The Morgan fingerprint density at radius 1 is 1.00 bits per heavy atom.